The predicted octanol–water partition coefficient (Wildman–Crippen LogP) is 6.26. The molecule has 0 saturated carbocycles. The van der Waals surface area contributed by atoms with E-state index in [2.05, 4.69) is 21.7 Å². The minimum absolute atomic E-state index is 0.325. The van der Waals surface area contributed by atoms with Gasteiger partial charge in [-0.15, -0.1) is 11.3 Å². The Kier molecular flexibility index (Phi) is 4.56. The molecule has 0 saturated heterocycles. The summed E-state index contributed by atoms with van der Waals surface area (Å²) in [7, 11) is 0. The van der Waals surface area contributed by atoms with Crippen LogP contribution in [0.2, 0.25) is 5.02 Å². The van der Waals surface area contributed by atoms with Crippen LogP contribution in [0.3, 0.4) is 0 Å². The van der Waals surface area contributed by atoms with E-state index in [0.717, 1.165) is 20.8 Å². The van der Waals surface area contributed by atoms with Crippen LogP contribution in [0.1, 0.15) is 0 Å². The average molecular weight is 380 g/mol. The quantitative estimate of drug-likeness (QED) is 0.441. The molecule has 4 aromatic rings. The average Bonchev–Trinajstić information content (AvgIpc) is 3.06. The molecule has 1 aromatic heterocycles. The lowest BCUT2D eigenvalue weighted by Gasteiger charge is -2.08. The number of amides is 2. The summed E-state index contributed by atoms with van der Waals surface area (Å²) in [6, 6.07) is 22.4. The number of hydrogen-bond acceptors (Lipinski definition) is 3. The lowest BCUT2D eigenvalue weighted by atomic mass is 10.2. The molecule has 2 N–H and O–H groups in total. The smallest absolute Gasteiger partial charge is 0.308 e. The van der Waals surface area contributed by atoms with Gasteiger partial charge < -0.3 is 10.6 Å². The van der Waals surface area contributed by atoms with Gasteiger partial charge in [-0.2, -0.15) is 0 Å². The number of carbonyl (C=O) groups excluding carboxylic acids is 1. The highest BCUT2D eigenvalue weighted by molar-refractivity contribution is 7.21. The van der Waals surface area contributed by atoms with E-state index in [4.69, 9.17) is 11.6 Å². The maximum Gasteiger partial charge on any atom is 0.323 e. The summed E-state index contributed by atoms with van der Waals surface area (Å²) in [5.41, 5.74) is 3.27. The molecule has 0 fully saturated rings. The van der Waals surface area contributed by atoms with Crippen molar-refractivity contribution in [1.29, 1.82) is 0 Å². The summed E-state index contributed by atoms with van der Waals surface area (Å²) in [6.45, 7) is 0. The molecule has 0 aliphatic rings. The van der Waals surface area contributed by atoms with Crippen molar-refractivity contribution >= 4 is 50.6 Å². The number of nitrogens with zero attached hydrogens (tertiary/aromatic N) is 1. The number of hydrogen-bond donors (Lipinski definition) is 2. The third-order valence-corrected chi connectivity index (χ3v) is 5.06. The van der Waals surface area contributed by atoms with Crippen LogP contribution >= 0.6 is 22.9 Å². The van der Waals surface area contributed by atoms with Crippen LogP contribution in [0.5, 0.6) is 0 Å². The molecule has 128 valence electrons. The Morgan fingerprint density at radius 3 is 2.38 bits per heavy atom. The van der Waals surface area contributed by atoms with Crippen molar-refractivity contribution in [3.63, 3.8) is 0 Å². The molecule has 4 nitrogen and oxygen atoms in total. The van der Waals surface area contributed by atoms with Crippen LogP contribution in [0.15, 0.2) is 72.8 Å². The van der Waals surface area contributed by atoms with Crippen molar-refractivity contribution in [2.24, 2.45) is 0 Å². The van der Waals surface area contributed by atoms with Gasteiger partial charge in [0.05, 0.1) is 10.2 Å². The second kappa shape index (κ2) is 7.15. The topological polar surface area (TPSA) is 54.0 Å². The minimum atomic E-state index is -0.325. The first-order valence-corrected chi connectivity index (χ1v) is 9.16. The summed E-state index contributed by atoms with van der Waals surface area (Å²) in [5.74, 6) is 0. The first kappa shape index (κ1) is 16.6. The summed E-state index contributed by atoms with van der Waals surface area (Å²) >= 11 is 7.56. The molecule has 1 heterocycles. The largest absolute Gasteiger partial charge is 0.323 e. The Balaban J connectivity index is 1.53. The van der Waals surface area contributed by atoms with Gasteiger partial charge in [-0.3, -0.25) is 0 Å². The summed E-state index contributed by atoms with van der Waals surface area (Å²) < 4.78 is 1.14. The number of thiazole rings is 1. The van der Waals surface area contributed by atoms with Crippen molar-refractivity contribution < 1.29 is 4.79 Å². The Labute approximate surface area is 159 Å². The van der Waals surface area contributed by atoms with Gasteiger partial charge in [-0.1, -0.05) is 41.9 Å². The standard InChI is InChI=1S/C20H14ClN3OS/c21-14-6-4-8-16(12-14)23-20(25)22-15-7-3-5-13(11-15)19-24-17-9-1-2-10-18(17)26-19/h1-12H,(H2,22,23,25). The van der Waals surface area contributed by atoms with Crippen LogP contribution in [0.4, 0.5) is 16.2 Å². The van der Waals surface area contributed by atoms with Crippen molar-refractivity contribution in [2.75, 3.05) is 10.6 Å². The van der Waals surface area contributed by atoms with Crippen molar-refractivity contribution in [3.8, 4) is 10.6 Å². The van der Waals surface area contributed by atoms with Crippen molar-refractivity contribution in [2.45, 2.75) is 0 Å². The number of urea groups is 1. The lowest BCUT2D eigenvalue weighted by molar-refractivity contribution is 0.262. The fourth-order valence-corrected chi connectivity index (χ4v) is 3.74. The third kappa shape index (κ3) is 3.69. The highest BCUT2D eigenvalue weighted by Gasteiger charge is 2.08. The van der Waals surface area contributed by atoms with Crippen LogP contribution in [0, 0.1) is 0 Å². The SMILES string of the molecule is O=C(Nc1cccc(Cl)c1)Nc1cccc(-c2nc3ccccc3s2)c1. The van der Waals surface area contributed by atoms with E-state index in [1.54, 1.807) is 35.6 Å². The zero-order valence-electron chi connectivity index (χ0n) is 13.6. The number of para-hydroxylation sites is 1. The van der Waals surface area contributed by atoms with Gasteiger partial charge >= 0.3 is 6.03 Å². The second-order valence-corrected chi connectivity index (χ2v) is 7.12. The highest BCUT2D eigenvalue weighted by Crippen LogP contribution is 2.31. The van der Waals surface area contributed by atoms with E-state index in [0.29, 0.717) is 16.4 Å². The number of anilines is 2. The zero-order valence-corrected chi connectivity index (χ0v) is 15.1. The number of aromatic nitrogens is 1. The van der Waals surface area contributed by atoms with E-state index < -0.39 is 0 Å². The summed E-state index contributed by atoms with van der Waals surface area (Å²) in [4.78, 5) is 16.9. The zero-order chi connectivity index (χ0) is 17.9. The van der Waals surface area contributed by atoms with Gasteiger partial charge in [0.1, 0.15) is 5.01 Å². The Morgan fingerprint density at radius 2 is 1.62 bits per heavy atom. The van der Waals surface area contributed by atoms with E-state index in [9.17, 15) is 4.79 Å². The molecule has 26 heavy (non-hydrogen) atoms. The van der Waals surface area contributed by atoms with Crippen LogP contribution in [0.25, 0.3) is 20.8 Å². The van der Waals surface area contributed by atoms with Gasteiger partial charge in [-0.05, 0) is 42.5 Å². The minimum Gasteiger partial charge on any atom is -0.308 e. The van der Waals surface area contributed by atoms with Crippen molar-refractivity contribution in [1.82, 2.24) is 4.98 Å². The Hall–Kier alpha value is -2.89. The number of nitrogens with one attached hydrogen (secondary N) is 2. The van der Waals surface area contributed by atoms with Gasteiger partial charge in [0.15, 0.2) is 0 Å². The molecule has 0 aliphatic heterocycles. The number of carbonyl (C=O) groups is 1. The van der Waals surface area contributed by atoms with Gasteiger partial charge in [-0.25, -0.2) is 9.78 Å². The van der Waals surface area contributed by atoms with Crippen LogP contribution in [-0.2, 0) is 0 Å². The van der Waals surface area contributed by atoms with E-state index >= 15 is 0 Å². The molecule has 0 spiro atoms. The molecule has 3 aromatic carbocycles. The first-order chi connectivity index (χ1) is 12.7. The van der Waals surface area contributed by atoms with Crippen molar-refractivity contribution in [3.05, 3.63) is 77.8 Å². The van der Waals surface area contributed by atoms with E-state index in [-0.39, 0.29) is 6.03 Å². The highest BCUT2D eigenvalue weighted by atomic mass is 35.5. The van der Waals surface area contributed by atoms with Crippen LogP contribution in [-0.4, -0.2) is 11.0 Å². The Bertz CT molecular complexity index is 1060. The molecule has 0 radical (unpaired) electrons. The maximum absolute atomic E-state index is 12.2. The second-order valence-electron chi connectivity index (χ2n) is 5.66. The molecule has 0 atom stereocenters. The monoisotopic (exact) mass is 379 g/mol. The van der Waals surface area contributed by atoms with E-state index in [1.165, 1.54) is 0 Å². The molecular weight excluding hydrogens is 366 g/mol. The predicted molar refractivity (Wildman–Crippen MR) is 109 cm³/mol. The molecule has 0 aliphatic carbocycles. The van der Waals surface area contributed by atoms with Crippen LogP contribution < -0.4 is 10.6 Å². The number of benzene rings is 3. The lowest BCUT2D eigenvalue weighted by Crippen LogP contribution is -2.19. The van der Waals surface area contributed by atoms with Gasteiger partial charge in [0.2, 0.25) is 0 Å². The van der Waals surface area contributed by atoms with E-state index in [1.807, 2.05) is 42.5 Å². The number of fused-ring (bicyclic) bond motifs is 1. The molecule has 0 bridgehead atoms. The summed E-state index contributed by atoms with van der Waals surface area (Å²) in [5, 5.41) is 7.09. The first-order valence-electron chi connectivity index (χ1n) is 7.97. The number of halogens is 1. The normalized spacial score (nSPS) is 10.7. The molecular formula is C20H14ClN3OS. The third-order valence-electron chi connectivity index (χ3n) is 3.74. The van der Waals surface area contributed by atoms with Gasteiger partial charge in [0.25, 0.3) is 0 Å². The fourth-order valence-electron chi connectivity index (χ4n) is 2.59. The summed E-state index contributed by atoms with van der Waals surface area (Å²) in [6.07, 6.45) is 0. The molecule has 6 heteroatoms. The number of rotatable bonds is 3. The van der Waals surface area contributed by atoms with Gasteiger partial charge in [0, 0.05) is 22.0 Å². The Morgan fingerprint density at radius 1 is 0.885 bits per heavy atom. The maximum atomic E-state index is 12.2. The molecule has 4 rings (SSSR count). The molecule has 2 amide bonds. The molecule has 0 unspecified atom stereocenters. The fraction of sp³-hybridized carbons (Fsp3) is 0.